The molecule has 0 bridgehead atoms. The van der Waals surface area contributed by atoms with E-state index in [1.165, 1.54) is 64.2 Å². The molecule has 2 fully saturated rings. The van der Waals surface area contributed by atoms with Crippen LogP contribution in [0.1, 0.15) is 85.0 Å². The molecule has 2 aliphatic rings. The average Bonchev–Trinajstić information content (AvgIpc) is 2.46. The van der Waals surface area contributed by atoms with Gasteiger partial charge in [-0.2, -0.15) is 0 Å². The maximum Gasteiger partial charge on any atom is 0.00978 e. The van der Waals surface area contributed by atoms with E-state index in [0.29, 0.717) is 0 Å². The fourth-order valence-electron chi connectivity index (χ4n) is 5.02. The Kier molecular flexibility index (Phi) is 6.87. The zero-order valence-electron chi connectivity index (χ0n) is 14.2. The van der Waals surface area contributed by atoms with Crippen molar-refractivity contribution in [3.8, 4) is 0 Å². The van der Waals surface area contributed by atoms with Crippen LogP contribution in [-0.4, -0.2) is 12.6 Å². The van der Waals surface area contributed by atoms with Crippen LogP contribution in [0, 0.1) is 23.7 Å². The van der Waals surface area contributed by atoms with Gasteiger partial charge in [-0.3, -0.25) is 0 Å². The lowest BCUT2D eigenvalue weighted by molar-refractivity contribution is 0.103. The van der Waals surface area contributed by atoms with Gasteiger partial charge in [0.25, 0.3) is 0 Å². The van der Waals surface area contributed by atoms with Gasteiger partial charge < -0.3 is 5.32 Å². The standard InChI is InChI=1S/C19H37N/c1-4-8-15(3)13-19(20-5-2)18-12-11-16-9-6-7-10-17(16)14-18/h15-20H,4-14H2,1-3H3. The van der Waals surface area contributed by atoms with Crippen LogP contribution in [0.3, 0.4) is 0 Å². The van der Waals surface area contributed by atoms with Gasteiger partial charge in [-0.1, -0.05) is 59.3 Å². The predicted octanol–water partition coefficient (Wildman–Crippen LogP) is 5.40. The molecule has 20 heavy (non-hydrogen) atoms. The number of fused-ring (bicyclic) bond motifs is 1. The van der Waals surface area contributed by atoms with Gasteiger partial charge in [-0.05, 0) is 55.9 Å². The van der Waals surface area contributed by atoms with Crippen molar-refractivity contribution in [2.45, 2.75) is 91.0 Å². The third-order valence-electron chi connectivity index (χ3n) is 6.05. The molecule has 5 atom stereocenters. The van der Waals surface area contributed by atoms with E-state index in [1.54, 1.807) is 0 Å². The minimum Gasteiger partial charge on any atom is -0.314 e. The van der Waals surface area contributed by atoms with Crippen LogP contribution >= 0.6 is 0 Å². The molecular formula is C19H37N. The topological polar surface area (TPSA) is 12.0 Å². The van der Waals surface area contributed by atoms with Gasteiger partial charge in [0.05, 0.1) is 0 Å². The van der Waals surface area contributed by atoms with Gasteiger partial charge in [0.15, 0.2) is 0 Å². The minimum atomic E-state index is 0.796. The van der Waals surface area contributed by atoms with Crippen LogP contribution in [0.4, 0.5) is 0 Å². The van der Waals surface area contributed by atoms with Gasteiger partial charge in [0, 0.05) is 6.04 Å². The maximum atomic E-state index is 3.84. The summed E-state index contributed by atoms with van der Waals surface area (Å²) in [6.45, 7) is 8.21. The lowest BCUT2D eigenvalue weighted by Crippen LogP contribution is -2.41. The summed E-state index contributed by atoms with van der Waals surface area (Å²) in [5, 5.41) is 3.84. The molecule has 0 aromatic heterocycles. The summed E-state index contributed by atoms with van der Waals surface area (Å²) < 4.78 is 0. The summed E-state index contributed by atoms with van der Waals surface area (Å²) in [6, 6.07) is 0.796. The molecule has 5 unspecified atom stereocenters. The summed E-state index contributed by atoms with van der Waals surface area (Å²) in [4.78, 5) is 0. The summed E-state index contributed by atoms with van der Waals surface area (Å²) in [6.07, 6.45) is 14.8. The fraction of sp³-hybridized carbons (Fsp3) is 1.00. The Bertz CT molecular complexity index is 262. The van der Waals surface area contributed by atoms with Gasteiger partial charge in [-0.25, -0.2) is 0 Å². The third-order valence-corrected chi connectivity index (χ3v) is 6.05. The maximum absolute atomic E-state index is 3.84. The summed E-state index contributed by atoms with van der Waals surface area (Å²) >= 11 is 0. The third kappa shape index (κ3) is 4.48. The van der Waals surface area contributed by atoms with Crippen molar-refractivity contribution in [1.29, 1.82) is 0 Å². The largest absolute Gasteiger partial charge is 0.314 e. The van der Waals surface area contributed by atoms with E-state index in [-0.39, 0.29) is 0 Å². The quantitative estimate of drug-likeness (QED) is 0.658. The first-order valence-electron chi connectivity index (χ1n) is 9.47. The Morgan fingerprint density at radius 1 is 1.00 bits per heavy atom. The highest BCUT2D eigenvalue weighted by Gasteiger charge is 2.35. The summed E-state index contributed by atoms with van der Waals surface area (Å²) in [7, 11) is 0. The van der Waals surface area contributed by atoms with Crippen LogP contribution in [0.15, 0.2) is 0 Å². The van der Waals surface area contributed by atoms with E-state index < -0.39 is 0 Å². The molecule has 1 heteroatoms. The van der Waals surface area contributed by atoms with Crippen molar-refractivity contribution >= 4 is 0 Å². The first-order chi connectivity index (χ1) is 9.74. The van der Waals surface area contributed by atoms with Crippen LogP contribution in [0.2, 0.25) is 0 Å². The molecule has 2 aliphatic carbocycles. The number of nitrogens with one attached hydrogen (secondary N) is 1. The number of hydrogen-bond donors (Lipinski definition) is 1. The second-order valence-corrected chi connectivity index (χ2v) is 7.67. The van der Waals surface area contributed by atoms with Crippen LogP contribution in [0.25, 0.3) is 0 Å². The molecule has 0 radical (unpaired) electrons. The fourth-order valence-corrected chi connectivity index (χ4v) is 5.02. The Morgan fingerprint density at radius 3 is 2.45 bits per heavy atom. The van der Waals surface area contributed by atoms with Crippen LogP contribution < -0.4 is 5.32 Å². The Hall–Kier alpha value is -0.0400. The number of hydrogen-bond acceptors (Lipinski definition) is 1. The molecule has 0 amide bonds. The molecule has 2 saturated carbocycles. The number of rotatable bonds is 7. The van der Waals surface area contributed by atoms with Gasteiger partial charge in [-0.15, -0.1) is 0 Å². The van der Waals surface area contributed by atoms with Gasteiger partial charge >= 0.3 is 0 Å². The molecular weight excluding hydrogens is 242 g/mol. The Balaban J connectivity index is 1.88. The minimum absolute atomic E-state index is 0.796. The van der Waals surface area contributed by atoms with E-state index in [0.717, 1.165) is 36.3 Å². The SMILES string of the molecule is CCCC(C)CC(NCC)C1CCC2CCCCC2C1. The van der Waals surface area contributed by atoms with E-state index >= 15 is 0 Å². The van der Waals surface area contributed by atoms with E-state index in [2.05, 4.69) is 26.1 Å². The van der Waals surface area contributed by atoms with Crippen molar-refractivity contribution in [3.05, 3.63) is 0 Å². The van der Waals surface area contributed by atoms with Crippen molar-refractivity contribution in [1.82, 2.24) is 5.32 Å². The second kappa shape index (κ2) is 8.41. The van der Waals surface area contributed by atoms with Gasteiger partial charge in [0.1, 0.15) is 0 Å². The normalized spacial score (nSPS) is 33.5. The second-order valence-electron chi connectivity index (χ2n) is 7.67. The lowest BCUT2D eigenvalue weighted by Gasteiger charge is -2.42. The highest BCUT2D eigenvalue weighted by atomic mass is 14.9. The zero-order chi connectivity index (χ0) is 14.4. The molecule has 118 valence electrons. The smallest absolute Gasteiger partial charge is 0.00978 e. The average molecular weight is 280 g/mol. The molecule has 1 N–H and O–H groups in total. The van der Waals surface area contributed by atoms with E-state index in [9.17, 15) is 0 Å². The molecule has 1 nitrogen and oxygen atoms in total. The van der Waals surface area contributed by atoms with Crippen molar-refractivity contribution < 1.29 is 0 Å². The van der Waals surface area contributed by atoms with Crippen molar-refractivity contribution in [3.63, 3.8) is 0 Å². The van der Waals surface area contributed by atoms with E-state index in [1.807, 2.05) is 0 Å². The molecule has 0 aromatic rings. The van der Waals surface area contributed by atoms with E-state index in [4.69, 9.17) is 0 Å². The predicted molar refractivity (Wildman–Crippen MR) is 88.9 cm³/mol. The van der Waals surface area contributed by atoms with Crippen LogP contribution in [-0.2, 0) is 0 Å². The molecule has 0 saturated heterocycles. The molecule has 0 heterocycles. The molecule has 0 aromatic carbocycles. The van der Waals surface area contributed by atoms with Crippen LogP contribution in [0.5, 0.6) is 0 Å². The molecule has 0 aliphatic heterocycles. The van der Waals surface area contributed by atoms with Gasteiger partial charge in [0.2, 0.25) is 0 Å². The lowest BCUT2D eigenvalue weighted by atomic mass is 9.65. The summed E-state index contributed by atoms with van der Waals surface area (Å²) in [5.74, 6) is 4.03. The van der Waals surface area contributed by atoms with Crippen molar-refractivity contribution in [2.24, 2.45) is 23.7 Å². The highest BCUT2D eigenvalue weighted by molar-refractivity contribution is 4.88. The monoisotopic (exact) mass is 279 g/mol. The Morgan fingerprint density at radius 2 is 1.75 bits per heavy atom. The first-order valence-corrected chi connectivity index (χ1v) is 9.47. The van der Waals surface area contributed by atoms with Crippen molar-refractivity contribution in [2.75, 3.05) is 6.54 Å². The Labute approximate surface area is 127 Å². The highest BCUT2D eigenvalue weighted by Crippen LogP contribution is 2.44. The first kappa shape index (κ1) is 16.3. The zero-order valence-corrected chi connectivity index (χ0v) is 14.2. The molecule has 0 spiro atoms. The summed E-state index contributed by atoms with van der Waals surface area (Å²) in [5.41, 5.74) is 0. The molecule has 2 rings (SSSR count).